The summed E-state index contributed by atoms with van der Waals surface area (Å²) in [6, 6.07) is 24.7. The summed E-state index contributed by atoms with van der Waals surface area (Å²) < 4.78 is 11.6. The van der Waals surface area contributed by atoms with Crippen molar-refractivity contribution in [3.05, 3.63) is 90.0 Å². The monoisotopic (exact) mass is 462 g/mol. The Morgan fingerprint density at radius 2 is 1.58 bits per heavy atom. The van der Waals surface area contributed by atoms with Gasteiger partial charge in [-0.2, -0.15) is 0 Å². The van der Waals surface area contributed by atoms with Crippen LogP contribution in [0.5, 0.6) is 11.5 Å². The molecule has 0 saturated heterocycles. The van der Waals surface area contributed by atoms with Gasteiger partial charge in [0, 0.05) is 12.1 Å². The predicted octanol–water partition coefficient (Wildman–Crippen LogP) is 5.86. The maximum atomic E-state index is 12.8. The topological polar surface area (TPSA) is 59.6 Å². The third-order valence-electron chi connectivity index (χ3n) is 4.93. The van der Waals surface area contributed by atoms with Crippen LogP contribution in [0.15, 0.2) is 78.9 Å². The van der Waals surface area contributed by atoms with Gasteiger partial charge in [-0.3, -0.25) is 10.1 Å². The fourth-order valence-corrected chi connectivity index (χ4v) is 3.29. The fourth-order valence-electron chi connectivity index (χ4n) is 3.08. The highest BCUT2D eigenvalue weighted by atomic mass is 32.1. The zero-order valence-electron chi connectivity index (χ0n) is 19.0. The van der Waals surface area contributed by atoms with E-state index in [9.17, 15) is 4.79 Å². The van der Waals surface area contributed by atoms with Crippen LogP contribution in [0.3, 0.4) is 0 Å². The van der Waals surface area contributed by atoms with Crippen molar-refractivity contribution < 1.29 is 14.3 Å². The largest absolute Gasteiger partial charge is 0.494 e. The molecule has 0 atom stereocenters. The SMILES string of the molecule is CC(C)CCOc1ccc(NC(=S)NC(=O)c2ccccc2OCCc2ccccc2)cc1. The Morgan fingerprint density at radius 3 is 2.30 bits per heavy atom. The van der Waals surface area contributed by atoms with Crippen molar-refractivity contribution in [2.45, 2.75) is 26.7 Å². The number of para-hydroxylation sites is 1. The van der Waals surface area contributed by atoms with Gasteiger partial charge in [0.05, 0.1) is 18.8 Å². The first kappa shape index (κ1) is 24.3. The minimum absolute atomic E-state index is 0.215. The lowest BCUT2D eigenvalue weighted by Gasteiger charge is -2.13. The summed E-state index contributed by atoms with van der Waals surface area (Å²) in [5, 5.41) is 5.97. The molecule has 3 rings (SSSR count). The molecule has 0 radical (unpaired) electrons. The fraction of sp³-hybridized carbons (Fsp3) is 0.259. The summed E-state index contributed by atoms with van der Waals surface area (Å²) in [6.45, 7) is 5.50. The number of carbonyl (C=O) groups is 1. The smallest absolute Gasteiger partial charge is 0.261 e. The number of anilines is 1. The van der Waals surface area contributed by atoms with Gasteiger partial charge in [-0.05, 0) is 66.5 Å². The van der Waals surface area contributed by atoms with Crippen LogP contribution in [0.1, 0.15) is 36.2 Å². The van der Waals surface area contributed by atoms with Crippen LogP contribution in [0.4, 0.5) is 5.69 Å². The van der Waals surface area contributed by atoms with Gasteiger partial charge < -0.3 is 14.8 Å². The Bertz CT molecular complexity index is 1040. The van der Waals surface area contributed by atoms with Crippen LogP contribution in [0, 0.1) is 5.92 Å². The van der Waals surface area contributed by atoms with Crippen molar-refractivity contribution in [3.63, 3.8) is 0 Å². The number of benzene rings is 3. The van der Waals surface area contributed by atoms with Gasteiger partial charge in [-0.25, -0.2) is 0 Å². The number of carbonyl (C=O) groups excluding carboxylic acids is 1. The number of ether oxygens (including phenoxy) is 2. The summed E-state index contributed by atoms with van der Waals surface area (Å²) in [5.41, 5.74) is 2.38. The van der Waals surface area contributed by atoms with Crippen LogP contribution < -0.4 is 20.1 Å². The molecule has 6 heteroatoms. The summed E-state index contributed by atoms with van der Waals surface area (Å²) >= 11 is 5.32. The molecule has 0 aliphatic heterocycles. The second-order valence-electron chi connectivity index (χ2n) is 8.04. The minimum atomic E-state index is -0.323. The standard InChI is InChI=1S/C27H30N2O3S/c1-20(2)16-18-31-23-14-12-22(13-15-23)28-27(33)29-26(30)24-10-6-7-11-25(24)32-19-17-21-8-4-3-5-9-21/h3-15,20H,16-19H2,1-2H3,(H2,28,29,30,33). The Kier molecular flexibility index (Phi) is 9.27. The molecule has 3 aromatic carbocycles. The summed E-state index contributed by atoms with van der Waals surface area (Å²) in [4.78, 5) is 12.8. The molecular formula is C27H30N2O3S. The quantitative estimate of drug-likeness (QED) is 0.370. The molecule has 0 saturated carbocycles. The summed E-state index contributed by atoms with van der Waals surface area (Å²) in [7, 11) is 0. The maximum Gasteiger partial charge on any atom is 0.261 e. The highest BCUT2D eigenvalue weighted by molar-refractivity contribution is 7.80. The van der Waals surface area contributed by atoms with E-state index in [1.165, 1.54) is 5.56 Å². The number of nitrogens with one attached hydrogen (secondary N) is 2. The van der Waals surface area contributed by atoms with Crippen molar-refractivity contribution in [3.8, 4) is 11.5 Å². The van der Waals surface area contributed by atoms with E-state index in [1.807, 2.05) is 48.5 Å². The second kappa shape index (κ2) is 12.6. The molecule has 0 aliphatic carbocycles. The van der Waals surface area contributed by atoms with Crippen molar-refractivity contribution in [2.75, 3.05) is 18.5 Å². The van der Waals surface area contributed by atoms with Gasteiger partial charge in [-0.1, -0.05) is 56.3 Å². The molecule has 33 heavy (non-hydrogen) atoms. The highest BCUT2D eigenvalue weighted by Gasteiger charge is 2.14. The van der Waals surface area contributed by atoms with Crippen LogP contribution >= 0.6 is 12.2 Å². The van der Waals surface area contributed by atoms with Crippen LogP contribution in [0.2, 0.25) is 0 Å². The number of hydrogen-bond acceptors (Lipinski definition) is 4. The Balaban J connectivity index is 1.50. The predicted molar refractivity (Wildman–Crippen MR) is 137 cm³/mol. The first-order valence-corrected chi connectivity index (χ1v) is 11.5. The first-order chi connectivity index (χ1) is 16.0. The highest BCUT2D eigenvalue weighted by Crippen LogP contribution is 2.19. The lowest BCUT2D eigenvalue weighted by molar-refractivity contribution is 0.0974. The van der Waals surface area contributed by atoms with E-state index in [-0.39, 0.29) is 11.0 Å². The lowest BCUT2D eigenvalue weighted by atomic mass is 10.1. The minimum Gasteiger partial charge on any atom is -0.494 e. The van der Waals surface area contributed by atoms with E-state index >= 15 is 0 Å². The molecule has 2 N–H and O–H groups in total. The van der Waals surface area contributed by atoms with Gasteiger partial charge in [0.25, 0.3) is 5.91 Å². The van der Waals surface area contributed by atoms with E-state index in [2.05, 4.69) is 36.6 Å². The van der Waals surface area contributed by atoms with Gasteiger partial charge in [0.2, 0.25) is 0 Å². The lowest BCUT2D eigenvalue weighted by Crippen LogP contribution is -2.34. The van der Waals surface area contributed by atoms with Gasteiger partial charge >= 0.3 is 0 Å². The molecule has 0 aromatic heterocycles. The molecule has 1 amide bonds. The number of amides is 1. The molecule has 0 heterocycles. The Hall–Kier alpha value is -3.38. The van der Waals surface area contributed by atoms with E-state index in [1.54, 1.807) is 18.2 Å². The third kappa shape index (κ3) is 8.24. The van der Waals surface area contributed by atoms with E-state index < -0.39 is 0 Å². The van der Waals surface area contributed by atoms with Crippen molar-refractivity contribution in [1.82, 2.24) is 5.32 Å². The van der Waals surface area contributed by atoms with E-state index in [0.717, 1.165) is 24.3 Å². The number of rotatable bonds is 10. The molecule has 0 spiro atoms. The van der Waals surface area contributed by atoms with Crippen molar-refractivity contribution in [1.29, 1.82) is 0 Å². The molecule has 172 valence electrons. The molecule has 0 bridgehead atoms. The second-order valence-corrected chi connectivity index (χ2v) is 8.45. The van der Waals surface area contributed by atoms with Crippen LogP contribution in [0.25, 0.3) is 0 Å². The van der Waals surface area contributed by atoms with Crippen LogP contribution in [-0.4, -0.2) is 24.2 Å². The zero-order valence-corrected chi connectivity index (χ0v) is 19.9. The molecule has 5 nitrogen and oxygen atoms in total. The Morgan fingerprint density at radius 1 is 0.879 bits per heavy atom. The average molecular weight is 463 g/mol. The van der Waals surface area contributed by atoms with Gasteiger partial charge in [0.15, 0.2) is 5.11 Å². The zero-order chi connectivity index (χ0) is 23.5. The Labute approximate surface area is 201 Å². The van der Waals surface area contributed by atoms with Crippen molar-refractivity contribution >= 4 is 28.9 Å². The molecule has 0 aliphatic rings. The molecule has 3 aromatic rings. The number of thiocarbonyl (C=S) groups is 1. The molecule has 0 fully saturated rings. The van der Waals surface area contributed by atoms with Gasteiger partial charge in [0.1, 0.15) is 11.5 Å². The third-order valence-corrected chi connectivity index (χ3v) is 5.13. The number of hydrogen-bond donors (Lipinski definition) is 2. The van der Waals surface area contributed by atoms with Crippen molar-refractivity contribution in [2.24, 2.45) is 5.92 Å². The maximum absolute atomic E-state index is 12.8. The van der Waals surface area contributed by atoms with Crippen LogP contribution in [-0.2, 0) is 6.42 Å². The molecular weight excluding hydrogens is 432 g/mol. The summed E-state index contributed by atoms with van der Waals surface area (Å²) in [6.07, 6.45) is 1.77. The first-order valence-electron chi connectivity index (χ1n) is 11.1. The van der Waals surface area contributed by atoms with Gasteiger partial charge in [-0.15, -0.1) is 0 Å². The normalized spacial score (nSPS) is 10.5. The van der Waals surface area contributed by atoms with E-state index in [4.69, 9.17) is 21.7 Å². The molecule has 0 unspecified atom stereocenters. The average Bonchev–Trinajstić information content (AvgIpc) is 2.81. The van der Waals surface area contributed by atoms with E-state index in [0.29, 0.717) is 30.4 Å². The summed E-state index contributed by atoms with van der Waals surface area (Å²) in [5.74, 6) is 1.61.